The van der Waals surface area contributed by atoms with Crippen LogP contribution in [-0.4, -0.2) is 29.0 Å². The molecule has 0 aliphatic heterocycles. The van der Waals surface area contributed by atoms with Crippen LogP contribution in [0.1, 0.15) is 37.8 Å². The molecule has 0 aliphatic rings. The van der Waals surface area contributed by atoms with E-state index >= 15 is 0 Å². The Morgan fingerprint density at radius 1 is 0.931 bits per heavy atom. The number of para-hydroxylation sites is 2. The molecule has 0 radical (unpaired) electrons. The number of benzene rings is 2. The minimum atomic E-state index is -0.530. The number of amides is 1. The average Bonchev–Trinajstić information content (AvgIpc) is 2.70. The van der Waals surface area contributed by atoms with Gasteiger partial charge in [-0.3, -0.25) is 4.79 Å². The van der Waals surface area contributed by atoms with Gasteiger partial charge in [-0.05, 0) is 44.0 Å². The van der Waals surface area contributed by atoms with E-state index in [1.165, 1.54) is 7.11 Å². The van der Waals surface area contributed by atoms with Crippen molar-refractivity contribution in [3.05, 3.63) is 76.7 Å². The van der Waals surface area contributed by atoms with E-state index in [9.17, 15) is 9.59 Å². The number of carbonyl (C=O) groups excluding carboxylic acids is 2. The van der Waals surface area contributed by atoms with Gasteiger partial charge >= 0.3 is 5.97 Å². The molecule has 7 nitrogen and oxygen atoms in total. The van der Waals surface area contributed by atoms with Crippen LogP contribution in [0.5, 0.6) is 0 Å². The summed E-state index contributed by atoms with van der Waals surface area (Å²) in [6.07, 6.45) is 0. The predicted octanol–water partition coefficient (Wildman–Crippen LogP) is 4.18. The summed E-state index contributed by atoms with van der Waals surface area (Å²) in [6, 6.07) is 14.2. The maximum Gasteiger partial charge on any atom is 0.339 e. The summed E-state index contributed by atoms with van der Waals surface area (Å²) in [5, 5.41) is 6.00. The molecule has 2 aromatic carbocycles. The minimum absolute atomic E-state index is 0.186. The molecule has 0 aliphatic carbocycles. The lowest BCUT2D eigenvalue weighted by Gasteiger charge is -2.13. The fourth-order valence-corrected chi connectivity index (χ4v) is 2.95. The summed E-state index contributed by atoms with van der Waals surface area (Å²) in [4.78, 5) is 33.3. The van der Waals surface area contributed by atoms with Gasteiger partial charge in [0, 0.05) is 11.8 Å². The molecule has 1 aromatic heterocycles. The number of nitrogens with one attached hydrogen (secondary N) is 2. The molecular formula is C22H22N4O3. The highest BCUT2D eigenvalue weighted by Crippen LogP contribution is 2.24. The number of carbonyl (C=O) groups is 2. The van der Waals surface area contributed by atoms with Crippen molar-refractivity contribution in [3.8, 4) is 0 Å². The molecular weight excluding hydrogens is 368 g/mol. The summed E-state index contributed by atoms with van der Waals surface area (Å²) in [5.74, 6) is -0.0116. The SMILES string of the molecule is COC(=O)c1ccccc1NC(=O)c1cc(Nc2c(C)cccc2C)nc(C)n1. The molecule has 0 bridgehead atoms. The number of aromatic nitrogens is 2. The highest BCUT2D eigenvalue weighted by atomic mass is 16.5. The molecule has 3 aromatic rings. The second-order valence-corrected chi connectivity index (χ2v) is 6.57. The van der Waals surface area contributed by atoms with E-state index in [0.717, 1.165) is 16.8 Å². The Kier molecular flexibility index (Phi) is 5.87. The van der Waals surface area contributed by atoms with Gasteiger partial charge in [0.1, 0.15) is 17.3 Å². The van der Waals surface area contributed by atoms with Crippen LogP contribution in [0.3, 0.4) is 0 Å². The molecule has 29 heavy (non-hydrogen) atoms. The molecule has 0 atom stereocenters. The predicted molar refractivity (Wildman–Crippen MR) is 112 cm³/mol. The van der Waals surface area contributed by atoms with Crippen molar-refractivity contribution in [2.24, 2.45) is 0 Å². The molecule has 3 rings (SSSR count). The zero-order chi connectivity index (χ0) is 21.0. The van der Waals surface area contributed by atoms with Gasteiger partial charge in [0.25, 0.3) is 5.91 Å². The monoisotopic (exact) mass is 390 g/mol. The standard InChI is InChI=1S/C22H22N4O3/c1-13-8-7-9-14(2)20(13)26-19-12-18(23-15(3)24-19)21(27)25-17-11-6-5-10-16(17)22(28)29-4/h5-12H,1-4H3,(H,25,27)(H,23,24,26). The molecule has 0 spiro atoms. The lowest BCUT2D eigenvalue weighted by atomic mass is 10.1. The van der Waals surface area contributed by atoms with Crippen LogP contribution >= 0.6 is 0 Å². The Morgan fingerprint density at radius 3 is 2.31 bits per heavy atom. The molecule has 1 heterocycles. The molecule has 148 valence electrons. The normalized spacial score (nSPS) is 10.3. The van der Waals surface area contributed by atoms with E-state index in [2.05, 4.69) is 20.6 Å². The van der Waals surface area contributed by atoms with Gasteiger partial charge in [-0.15, -0.1) is 0 Å². The Bertz CT molecular complexity index is 1060. The fraction of sp³-hybridized carbons (Fsp3) is 0.182. The number of ether oxygens (including phenoxy) is 1. The van der Waals surface area contributed by atoms with Gasteiger partial charge in [0.15, 0.2) is 0 Å². The van der Waals surface area contributed by atoms with Crippen LogP contribution in [0.4, 0.5) is 17.2 Å². The third-order valence-corrected chi connectivity index (χ3v) is 4.39. The average molecular weight is 390 g/mol. The van der Waals surface area contributed by atoms with Gasteiger partial charge in [0.05, 0.1) is 18.4 Å². The van der Waals surface area contributed by atoms with E-state index in [0.29, 0.717) is 17.3 Å². The second-order valence-electron chi connectivity index (χ2n) is 6.57. The topological polar surface area (TPSA) is 93.2 Å². The molecule has 0 unspecified atom stereocenters. The van der Waals surface area contributed by atoms with Crippen LogP contribution in [0.15, 0.2) is 48.5 Å². The van der Waals surface area contributed by atoms with Crippen molar-refractivity contribution in [1.82, 2.24) is 9.97 Å². The number of esters is 1. The van der Waals surface area contributed by atoms with Crippen molar-refractivity contribution in [2.45, 2.75) is 20.8 Å². The summed E-state index contributed by atoms with van der Waals surface area (Å²) < 4.78 is 4.77. The first-order chi connectivity index (χ1) is 13.9. The lowest BCUT2D eigenvalue weighted by molar-refractivity contribution is 0.0602. The quantitative estimate of drug-likeness (QED) is 0.635. The Balaban J connectivity index is 1.89. The van der Waals surface area contributed by atoms with E-state index < -0.39 is 11.9 Å². The third kappa shape index (κ3) is 4.57. The van der Waals surface area contributed by atoms with Crippen LogP contribution in [0.25, 0.3) is 0 Å². The first-order valence-corrected chi connectivity index (χ1v) is 9.06. The number of methoxy groups -OCH3 is 1. The van der Waals surface area contributed by atoms with Gasteiger partial charge in [-0.25, -0.2) is 14.8 Å². The smallest absolute Gasteiger partial charge is 0.339 e. The second kappa shape index (κ2) is 8.52. The molecule has 7 heteroatoms. The first kappa shape index (κ1) is 20.0. The van der Waals surface area contributed by atoms with E-state index in [-0.39, 0.29) is 11.3 Å². The maximum absolute atomic E-state index is 12.8. The van der Waals surface area contributed by atoms with E-state index in [1.807, 2.05) is 32.0 Å². The van der Waals surface area contributed by atoms with Gasteiger partial charge in [-0.2, -0.15) is 0 Å². The Hall–Kier alpha value is -3.74. The number of aryl methyl sites for hydroxylation is 3. The number of anilines is 3. The summed E-state index contributed by atoms with van der Waals surface area (Å²) in [7, 11) is 1.29. The van der Waals surface area contributed by atoms with E-state index in [4.69, 9.17) is 4.74 Å². The highest BCUT2D eigenvalue weighted by molar-refractivity contribution is 6.07. The van der Waals surface area contributed by atoms with Crippen molar-refractivity contribution in [1.29, 1.82) is 0 Å². The van der Waals surface area contributed by atoms with Gasteiger partial charge < -0.3 is 15.4 Å². The Morgan fingerprint density at radius 2 is 1.62 bits per heavy atom. The number of nitrogens with zero attached hydrogens (tertiary/aromatic N) is 2. The van der Waals surface area contributed by atoms with Crippen LogP contribution in [0, 0.1) is 20.8 Å². The third-order valence-electron chi connectivity index (χ3n) is 4.39. The fourth-order valence-electron chi connectivity index (χ4n) is 2.95. The van der Waals surface area contributed by atoms with Gasteiger partial charge in [-0.1, -0.05) is 30.3 Å². The minimum Gasteiger partial charge on any atom is -0.465 e. The molecule has 2 N–H and O–H groups in total. The highest BCUT2D eigenvalue weighted by Gasteiger charge is 2.16. The van der Waals surface area contributed by atoms with Crippen molar-refractivity contribution >= 4 is 29.1 Å². The van der Waals surface area contributed by atoms with E-state index in [1.54, 1.807) is 37.3 Å². The van der Waals surface area contributed by atoms with Crippen LogP contribution < -0.4 is 10.6 Å². The summed E-state index contributed by atoms with van der Waals surface area (Å²) in [5.41, 5.74) is 3.88. The number of hydrogen-bond donors (Lipinski definition) is 2. The lowest BCUT2D eigenvalue weighted by Crippen LogP contribution is -2.17. The largest absolute Gasteiger partial charge is 0.465 e. The van der Waals surface area contributed by atoms with Crippen molar-refractivity contribution in [2.75, 3.05) is 17.7 Å². The maximum atomic E-state index is 12.8. The molecule has 1 amide bonds. The van der Waals surface area contributed by atoms with Gasteiger partial charge in [0.2, 0.25) is 0 Å². The number of hydrogen-bond acceptors (Lipinski definition) is 6. The van der Waals surface area contributed by atoms with Crippen LogP contribution in [0.2, 0.25) is 0 Å². The van der Waals surface area contributed by atoms with Crippen LogP contribution in [-0.2, 0) is 4.74 Å². The molecule has 0 saturated carbocycles. The Labute approximate surface area is 169 Å². The molecule has 0 saturated heterocycles. The van der Waals surface area contributed by atoms with Crippen molar-refractivity contribution < 1.29 is 14.3 Å². The molecule has 0 fully saturated rings. The zero-order valence-corrected chi connectivity index (χ0v) is 16.7. The first-order valence-electron chi connectivity index (χ1n) is 9.06. The summed E-state index contributed by atoms with van der Waals surface area (Å²) >= 11 is 0. The van der Waals surface area contributed by atoms with Crippen molar-refractivity contribution in [3.63, 3.8) is 0 Å². The summed E-state index contributed by atoms with van der Waals surface area (Å²) in [6.45, 7) is 5.72. The zero-order valence-electron chi connectivity index (χ0n) is 16.7. The number of rotatable bonds is 5.